The molecule has 0 amide bonds. The first-order valence-corrected chi connectivity index (χ1v) is 7.87. The standard InChI is InChI=1S/C15H20INO2/c1-10(11-5-7-13(16)8-6-11)17-9-12-3-2-4-14(12)15(18)19/h5-8,10,12,14,17H,2-4,9H2,1H3,(H,18,19). The molecule has 0 bridgehead atoms. The number of carbonyl (C=O) groups is 1. The van der Waals surface area contributed by atoms with Gasteiger partial charge in [0.2, 0.25) is 0 Å². The van der Waals surface area contributed by atoms with Gasteiger partial charge in [-0.25, -0.2) is 0 Å². The van der Waals surface area contributed by atoms with Crippen LogP contribution in [0.25, 0.3) is 0 Å². The van der Waals surface area contributed by atoms with Gasteiger partial charge >= 0.3 is 5.97 Å². The van der Waals surface area contributed by atoms with E-state index in [4.69, 9.17) is 5.11 Å². The van der Waals surface area contributed by atoms with Crippen molar-refractivity contribution < 1.29 is 9.90 Å². The number of nitrogens with one attached hydrogen (secondary N) is 1. The summed E-state index contributed by atoms with van der Waals surface area (Å²) in [5.74, 6) is -0.508. The number of halogens is 1. The van der Waals surface area contributed by atoms with Crippen LogP contribution in [0.15, 0.2) is 24.3 Å². The van der Waals surface area contributed by atoms with Crippen molar-refractivity contribution in [3.05, 3.63) is 33.4 Å². The molecule has 2 rings (SSSR count). The molecule has 4 heteroatoms. The van der Waals surface area contributed by atoms with Crippen molar-refractivity contribution in [3.63, 3.8) is 0 Å². The third kappa shape index (κ3) is 3.92. The van der Waals surface area contributed by atoms with Gasteiger partial charge in [0.15, 0.2) is 0 Å². The molecule has 104 valence electrons. The van der Waals surface area contributed by atoms with Crippen molar-refractivity contribution in [2.45, 2.75) is 32.2 Å². The van der Waals surface area contributed by atoms with E-state index in [1.165, 1.54) is 9.13 Å². The molecule has 1 saturated carbocycles. The van der Waals surface area contributed by atoms with Crippen LogP contribution >= 0.6 is 22.6 Å². The largest absolute Gasteiger partial charge is 0.481 e. The number of benzene rings is 1. The van der Waals surface area contributed by atoms with Crippen LogP contribution < -0.4 is 5.32 Å². The first-order valence-electron chi connectivity index (χ1n) is 6.79. The van der Waals surface area contributed by atoms with Gasteiger partial charge in [0, 0.05) is 9.61 Å². The number of carboxylic acids is 1. The summed E-state index contributed by atoms with van der Waals surface area (Å²) < 4.78 is 1.23. The molecule has 0 saturated heterocycles. The second-order valence-electron chi connectivity index (χ2n) is 5.32. The molecule has 0 radical (unpaired) electrons. The smallest absolute Gasteiger partial charge is 0.306 e. The monoisotopic (exact) mass is 373 g/mol. The predicted octanol–water partition coefficient (Wildman–Crippen LogP) is 3.44. The molecule has 0 spiro atoms. The van der Waals surface area contributed by atoms with Crippen molar-refractivity contribution in [1.29, 1.82) is 0 Å². The number of rotatable bonds is 5. The summed E-state index contributed by atoms with van der Waals surface area (Å²) in [6.07, 6.45) is 2.91. The maximum atomic E-state index is 11.1. The minimum atomic E-state index is -0.633. The highest BCUT2D eigenvalue weighted by molar-refractivity contribution is 14.1. The molecule has 1 fully saturated rings. The highest BCUT2D eigenvalue weighted by Gasteiger charge is 2.32. The SMILES string of the molecule is CC(NCC1CCCC1C(=O)O)c1ccc(I)cc1. The van der Waals surface area contributed by atoms with Crippen LogP contribution in [-0.4, -0.2) is 17.6 Å². The van der Waals surface area contributed by atoms with Gasteiger partial charge in [0.05, 0.1) is 5.92 Å². The molecule has 3 unspecified atom stereocenters. The number of aliphatic carboxylic acids is 1. The van der Waals surface area contributed by atoms with Gasteiger partial charge < -0.3 is 10.4 Å². The fourth-order valence-electron chi connectivity index (χ4n) is 2.80. The third-order valence-corrected chi connectivity index (χ3v) is 4.75. The van der Waals surface area contributed by atoms with Crippen LogP contribution in [0.5, 0.6) is 0 Å². The van der Waals surface area contributed by atoms with Gasteiger partial charge in [-0.1, -0.05) is 18.6 Å². The van der Waals surface area contributed by atoms with Crippen molar-refractivity contribution >= 4 is 28.6 Å². The fourth-order valence-corrected chi connectivity index (χ4v) is 3.16. The van der Waals surface area contributed by atoms with Gasteiger partial charge in [-0.15, -0.1) is 0 Å². The fraction of sp³-hybridized carbons (Fsp3) is 0.533. The lowest BCUT2D eigenvalue weighted by Crippen LogP contribution is -2.30. The predicted molar refractivity (Wildman–Crippen MR) is 84.0 cm³/mol. The van der Waals surface area contributed by atoms with E-state index in [-0.39, 0.29) is 17.9 Å². The summed E-state index contributed by atoms with van der Waals surface area (Å²) in [5, 5.41) is 12.6. The summed E-state index contributed by atoms with van der Waals surface area (Å²) in [6, 6.07) is 8.73. The van der Waals surface area contributed by atoms with Gasteiger partial charge in [0.1, 0.15) is 0 Å². The molecule has 0 aromatic heterocycles. The Bertz CT molecular complexity index is 432. The number of hydrogen-bond acceptors (Lipinski definition) is 2. The lowest BCUT2D eigenvalue weighted by molar-refractivity contribution is -0.142. The van der Waals surface area contributed by atoms with E-state index in [1.807, 2.05) is 0 Å². The molecule has 3 atom stereocenters. The quantitative estimate of drug-likeness (QED) is 0.778. The van der Waals surface area contributed by atoms with Gasteiger partial charge in [0.25, 0.3) is 0 Å². The van der Waals surface area contributed by atoms with Gasteiger partial charge in [-0.2, -0.15) is 0 Å². The Morgan fingerprint density at radius 3 is 2.74 bits per heavy atom. The Kier molecular flexibility index (Phi) is 5.21. The number of carboxylic acid groups (broad SMARTS) is 1. The van der Waals surface area contributed by atoms with E-state index in [0.717, 1.165) is 25.8 Å². The second-order valence-corrected chi connectivity index (χ2v) is 6.56. The Labute approximate surface area is 127 Å². The second kappa shape index (κ2) is 6.70. The zero-order valence-electron chi connectivity index (χ0n) is 11.1. The first kappa shape index (κ1) is 14.8. The van der Waals surface area contributed by atoms with E-state index < -0.39 is 5.97 Å². The Hall–Kier alpha value is -0.620. The Morgan fingerprint density at radius 1 is 1.42 bits per heavy atom. The highest BCUT2D eigenvalue weighted by Crippen LogP contribution is 2.31. The van der Waals surface area contributed by atoms with Crippen LogP contribution in [-0.2, 0) is 4.79 Å². The average molecular weight is 373 g/mol. The van der Waals surface area contributed by atoms with Crippen molar-refractivity contribution in [1.82, 2.24) is 5.32 Å². The van der Waals surface area contributed by atoms with E-state index >= 15 is 0 Å². The van der Waals surface area contributed by atoms with Crippen LogP contribution in [0, 0.1) is 15.4 Å². The molecular formula is C15H20INO2. The lowest BCUT2D eigenvalue weighted by Gasteiger charge is -2.20. The zero-order valence-corrected chi connectivity index (χ0v) is 13.3. The third-order valence-electron chi connectivity index (χ3n) is 4.03. The van der Waals surface area contributed by atoms with E-state index in [9.17, 15) is 4.79 Å². The topological polar surface area (TPSA) is 49.3 Å². The zero-order chi connectivity index (χ0) is 13.8. The van der Waals surface area contributed by atoms with Gasteiger partial charge in [-0.05, 0) is 72.5 Å². The van der Waals surface area contributed by atoms with Crippen LogP contribution in [0.2, 0.25) is 0 Å². The molecule has 0 heterocycles. The molecule has 3 nitrogen and oxygen atoms in total. The molecular weight excluding hydrogens is 353 g/mol. The molecule has 1 aromatic carbocycles. The van der Waals surface area contributed by atoms with E-state index in [1.54, 1.807) is 0 Å². The molecule has 1 aliphatic carbocycles. The molecule has 1 aromatic rings. The molecule has 0 aliphatic heterocycles. The summed E-state index contributed by atoms with van der Waals surface area (Å²) in [6.45, 7) is 2.93. The van der Waals surface area contributed by atoms with Crippen molar-refractivity contribution in [2.24, 2.45) is 11.8 Å². The maximum Gasteiger partial charge on any atom is 0.306 e. The lowest BCUT2D eigenvalue weighted by atomic mass is 9.95. The first-order chi connectivity index (χ1) is 9.08. The minimum absolute atomic E-state index is 0.156. The highest BCUT2D eigenvalue weighted by atomic mass is 127. The van der Waals surface area contributed by atoms with Crippen molar-refractivity contribution in [3.8, 4) is 0 Å². The number of hydrogen-bond donors (Lipinski definition) is 2. The summed E-state index contributed by atoms with van der Waals surface area (Å²) in [5.41, 5.74) is 1.25. The van der Waals surface area contributed by atoms with E-state index in [2.05, 4.69) is 59.1 Å². The average Bonchev–Trinajstić information content (AvgIpc) is 2.85. The van der Waals surface area contributed by atoms with E-state index in [0.29, 0.717) is 0 Å². The Morgan fingerprint density at radius 2 is 2.11 bits per heavy atom. The van der Waals surface area contributed by atoms with Crippen LogP contribution in [0.4, 0.5) is 0 Å². The molecule has 19 heavy (non-hydrogen) atoms. The normalized spacial score (nSPS) is 24.3. The van der Waals surface area contributed by atoms with Crippen LogP contribution in [0.1, 0.15) is 37.8 Å². The summed E-state index contributed by atoms with van der Waals surface area (Å²) in [7, 11) is 0. The van der Waals surface area contributed by atoms with Crippen molar-refractivity contribution in [2.75, 3.05) is 6.54 Å². The van der Waals surface area contributed by atoms with Gasteiger partial charge in [-0.3, -0.25) is 4.79 Å². The summed E-state index contributed by atoms with van der Waals surface area (Å²) >= 11 is 2.30. The molecule has 2 N–H and O–H groups in total. The maximum absolute atomic E-state index is 11.1. The van der Waals surface area contributed by atoms with Crippen LogP contribution in [0.3, 0.4) is 0 Å². The minimum Gasteiger partial charge on any atom is -0.481 e. The summed E-state index contributed by atoms with van der Waals surface area (Å²) in [4.78, 5) is 11.1. The Balaban J connectivity index is 1.88. The molecule has 1 aliphatic rings.